The second-order valence-corrected chi connectivity index (χ2v) is 5.15. The zero-order valence-electron chi connectivity index (χ0n) is 11.9. The number of rotatable bonds is 1. The van der Waals surface area contributed by atoms with E-state index in [1.54, 1.807) is 16.7 Å². The van der Waals surface area contributed by atoms with Gasteiger partial charge in [0.05, 0.1) is 0 Å². The standard InChI is InChI=1S/C15H20N2O2/c1-10-5-6-14(9-11(10)2)17-8-7-16(13(4)18)12(3)15(17)19/h5-6,9,12H,7-8H2,1-4H3. The van der Waals surface area contributed by atoms with Gasteiger partial charge in [-0.15, -0.1) is 0 Å². The monoisotopic (exact) mass is 260 g/mol. The van der Waals surface area contributed by atoms with E-state index in [0.717, 1.165) is 5.69 Å². The van der Waals surface area contributed by atoms with Gasteiger partial charge < -0.3 is 9.80 Å². The third kappa shape index (κ3) is 2.48. The van der Waals surface area contributed by atoms with Crippen molar-refractivity contribution < 1.29 is 9.59 Å². The smallest absolute Gasteiger partial charge is 0.249 e. The van der Waals surface area contributed by atoms with Gasteiger partial charge in [0.1, 0.15) is 6.04 Å². The molecule has 1 aliphatic heterocycles. The lowest BCUT2D eigenvalue weighted by Crippen LogP contribution is -2.57. The number of nitrogens with zero attached hydrogens (tertiary/aromatic N) is 2. The number of benzene rings is 1. The molecule has 19 heavy (non-hydrogen) atoms. The third-order valence-electron chi connectivity index (χ3n) is 3.86. The van der Waals surface area contributed by atoms with Crippen LogP contribution in [0, 0.1) is 13.8 Å². The summed E-state index contributed by atoms with van der Waals surface area (Å²) in [6, 6.07) is 5.65. The van der Waals surface area contributed by atoms with E-state index in [1.165, 1.54) is 18.1 Å². The molecular formula is C15H20N2O2. The first-order valence-electron chi connectivity index (χ1n) is 6.57. The van der Waals surface area contributed by atoms with Crippen LogP contribution in [0.25, 0.3) is 0 Å². The highest BCUT2D eigenvalue weighted by molar-refractivity contribution is 6.00. The van der Waals surface area contributed by atoms with E-state index in [0.29, 0.717) is 13.1 Å². The number of hydrogen-bond acceptors (Lipinski definition) is 2. The molecule has 2 rings (SSSR count). The summed E-state index contributed by atoms with van der Waals surface area (Å²) in [5.41, 5.74) is 3.31. The van der Waals surface area contributed by atoms with Crippen LogP contribution in [0.2, 0.25) is 0 Å². The second kappa shape index (κ2) is 5.03. The molecule has 2 amide bonds. The molecule has 1 unspecified atom stereocenters. The molecule has 1 aromatic rings. The predicted molar refractivity (Wildman–Crippen MR) is 75.1 cm³/mol. The number of carbonyl (C=O) groups excluding carboxylic acids is 2. The van der Waals surface area contributed by atoms with Crippen molar-refractivity contribution in [3.05, 3.63) is 29.3 Å². The molecule has 1 atom stereocenters. The average Bonchev–Trinajstić information content (AvgIpc) is 2.36. The van der Waals surface area contributed by atoms with Crippen molar-refractivity contribution in [3.63, 3.8) is 0 Å². The highest BCUT2D eigenvalue weighted by Crippen LogP contribution is 2.23. The van der Waals surface area contributed by atoms with Crippen molar-refractivity contribution in [2.75, 3.05) is 18.0 Å². The second-order valence-electron chi connectivity index (χ2n) is 5.15. The Labute approximate surface area is 114 Å². The maximum atomic E-state index is 12.4. The van der Waals surface area contributed by atoms with Gasteiger partial charge >= 0.3 is 0 Å². The lowest BCUT2D eigenvalue weighted by Gasteiger charge is -2.38. The fourth-order valence-electron chi connectivity index (χ4n) is 2.45. The molecule has 0 bridgehead atoms. The van der Waals surface area contributed by atoms with Gasteiger partial charge in [-0.1, -0.05) is 6.07 Å². The molecule has 0 radical (unpaired) electrons. The molecule has 1 fully saturated rings. The number of hydrogen-bond donors (Lipinski definition) is 0. The number of anilines is 1. The summed E-state index contributed by atoms with van der Waals surface area (Å²) in [7, 11) is 0. The number of piperazine rings is 1. The lowest BCUT2D eigenvalue weighted by molar-refractivity contribution is -0.139. The Balaban J connectivity index is 2.25. The Morgan fingerprint density at radius 1 is 1.21 bits per heavy atom. The Morgan fingerprint density at radius 3 is 2.47 bits per heavy atom. The van der Waals surface area contributed by atoms with E-state index >= 15 is 0 Å². The largest absolute Gasteiger partial charge is 0.329 e. The van der Waals surface area contributed by atoms with Gasteiger partial charge in [0.2, 0.25) is 11.8 Å². The Bertz CT molecular complexity index is 525. The van der Waals surface area contributed by atoms with Gasteiger partial charge in [0.15, 0.2) is 0 Å². The maximum Gasteiger partial charge on any atom is 0.249 e. The first-order valence-corrected chi connectivity index (χ1v) is 6.57. The van der Waals surface area contributed by atoms with Gasteiger partial charge in [0.25, 0.3) is 0 Å². The number of carbonyl (C=O) groups is 2. The zero-order valence-corrected chi connectivity index (χ0v) is 11.9. The van der Waals surface area contributed by atoms with Crippen molar-refractivity contribution in [2.45, 2.75) is 33.7 Å². The predicted octanol–water partition coefficient (Wildman–Crippen LogP) is 1.89. The van der Waals surface area contributed by atoms with Crippen LogP contribution in [0.5, 0.6) is 0 Å². The van der Waals surface area contributed by atoms with E-state index in [2.05, 4.69) is 6.92 Å². The van der Waals surface area contributed by atoms with E-state index in [-0.39, 0.29) is 17.9 Å². The first-order chi connectivity index (χ1) is 8.91. The molecule has 1 heterocycles. The summed E-state index contributed by atoms with van der Waals surface area (Å²) in [6.45, 7) is 8.54. The van der Waals surface area contributed by atoms with E-state index in [1.807, 2.05) is 25.1 Å². The quantitative estimate of drug-likeness (QED) is 0.773. The summed E-state index contributed by atoms with van der Waals surface area (Å²) in [6.07, 6.45) is 0. The summed E-state index contributed by atoms with van der Waals surface area (Å²) < 4.78 is 0. The van der Waals surface area contributed by atoms with Gasteiger partial charge in [-0.25, -0.2) is 0 Å². The highest BCUT2D eigenvalue weighted by atomic mass is 16.2. The third-order valence-corrected chi connectivity index (χ3v) is 3.86. The molecule has 1 aromatic carbocycles. The van der Waals surface area contributed by atoms with Crippen molar-refractivity contribution in [2.24, 2.45) is 0 Å². The van der Waals surface area contributed by atoms with Crippen molar-refractivity contribution in [1.82, 2.24) is 4.90 Å². The van der Waals surface area contributed by atoms with Crippen LogP contribution in [-0.2, 0) is 9.59 Å². The first kappa shape index (κ1) is 13.6. The lowest BCUT2D eigenvalue weighted by atomic mass is 10.1. The van der Waals surface area contributed by atoms with Gasteiger partial charge in [0, 0.05) is 25.7 Å². The van der Waals surface area contributed by atoms with Crippen LogP contribution in [-0.4, -0.2) is 35.8 Å². The van der Waals surface area contributed by atoms with Crippen molar-refractivity contribution in [1.29, 1.82) is 0 Å². The van der Waals surface area contributed by atoms with E-state index in [9.17, 15) is 9.59 Å². The fourth-order valence-corrected chi connectivity index (χ4v) is 2.45. The molecule has 0 aromatic heterocycles. The minimum Gasteiger partial charge on any atom is -0.329 e. The van der Waals surface area contributed by atoms with Crippen LogP contribution in [0.3, 0.4) is 0 Å². The summed E-state index contributed by atoms with van der Waals surface area (Å²) in [4.78, 5) is 27.2. The summed E-state index contributed by atoms with van der Waals surface area (Å²) >= 11 is 0. The van der Waals surface area contributed by atoms with Crippen LogP contribution in [0.4, 0.5) is 5.69 Å². The fraction of sp³-hybridized carbons (Fsp3) is 0.467. The number of aryl methyl sites for hydroxylation is 2. The molecule has 4 nitrogen and oxygen atoms in total. The molecule has 0 N–H and O–H groups in total. The maximum absolute atomic E-state index is 12.4. The molecule has 1 aliphatic rings. The Hall–Kier alpha value is -1.84. The van der Waals surface area contributed by atoms with Crippen LogP contribution >= 0.6 is 0 Å². The number of amides is 2. The highest BCUT2D eigenvalue weighted by Gasteiger charge is 2.33. The molecule has 0 aliphatic carbocycles. The normalized spacial score (nSPS) is 19.8. The van der Waals surface area contributed by atoms with Crippen LogP contribution in [0.1, 0.15) is 25.0 Å². The minimum atomic E-state index is -0.382. The van der Waals surface area contributed by atoms with Gasteiger partial charge in [-0.2, -0.15) is 0 Å². The topological polar surface area (TPSA) is 40.6 Å². The zero-order chi connectivity index (χ0) is 14.2. The molecule has 0 spiro atoms. The van der Waals surface area contributed by atoms with Crippen LogP contribution in [0.15, 0.2) is 18.2 Å². The molecule has 1 saturated heterocycles. The SMILES string of the molecule is CC(=O)N1CCN(c2ccc(C)c(C)c2)C(=O)C1C. The van der Waals surface area contributed by atoms with Gasteiger partial charge in [-0.05, 0) is 44.0 Å². The molecule has 0 saturated carbocycles. The van der Waals surface area contributed by atoms with Gasteiger partial charge in [-0.3, -0.25) is 9.59 Å². The molecule has 102 valence electrons. The summed E-state index contributed by atoms with van der Waals surface area (Å²) in [5, 5.41) is 0. The van der Waals surface area contributed by atoms with E-state index in [4.69, 9.17) is 0 Å². The molecular weight excluding hydrogens is 240 g/mol. The Morgan fingerprint density at radius 2 is 1.89 bits per heavy atom. The summed E-state index contributed by atoms with van der Waals surface area (Å²) in [5.74, 6) is -0.0507. The average molecular weight is 260 g/mol. The van der Waals surface area contributed by atoms with Crippen molar-refractivity contribution in [3.8, 4) is 0 Å². The molecule has 4 heteroatoms. The minimum absolute atomic E-state index is 0.00953. The Kier molecular flexibility index (Phi) is 3.60. The van der Waals surface area contributed by atoms with Crippen LogP contribution < -0.4 is 4.90 Å². The van der Waals surface area contributed by atoms with E-state index < -0.39 is 0 Å². The van der Waals surface area contributed by atoms with Crippen molar-refractivity contribution >= 4 is 17.5 Å².